The fourth-order valence-corrected chi connectivity index (χ4v) is 3.39. The quantitative estimate of drug-likeness (QED) is 0.839. The van der Waals surface area contributed by atoms with Gasteiger partial charge in [-0.05, 0) is 36.4 Å². The highest BCUT2D eigenvalue weighted by Crippen LogP contribution is 2.31. The molecule has 1 aromatic carbocycles. The van der Waals surface area contributed by atoms with E-state index in [0.717, 1.165) is 22.7 Å². The van der Waals surface area contributed by atoms with Gasteiger partial charge in [0.2, 0.25) is 0 Å². The lowest BCUT2D eigenvalue weighted by Crippen LogP contribution is -2.48. The number of fused-ring (bicyclic) bond motifs is 1. The number of carbonyl (C=O) groups excluding carboxylic acids is 1. The van der Waals surface area contributed by atoms with E-state index >= 15 is 0 Å². The molecule has 0 radical (unpaired) electrons. The molecule has 2 aromatic rings. The first kappa shape index (κ1) is 17.4. The predicted octanol–water partition coefficient (Wildman–Crippen LogP) is 3.08. The molecule has 0 aliphatic carbocycles. The molecular formula is C21H19ClN4O. The molecule has 136 valence electrons. The highest BCUT2D eigenvalue weighted by atomic mass is 35.5. The predicted molar refractivity (Wildman–Crippen MR) is 106 cm³/mol. The van der Waals surface area contributed by atoms with E-state index in [1.54, 1.807) is 6.20 Å². The zero-order valence-electron chi connectivity index (χ0n) is 14.6. The van der Waals surface area contributed by atoms with E-state index in [-0.39, 0.29) is 5.91 Å². The Morgan fingerprint density at radius 2 is 2.15 bits per heavy atom. The van der Waals surface area contributed by atoms with Crippen molar-refractivity contribution in [3.8, 4) is 0 Å². The molecule has 1 amide bonds. The van der Waals surface area contributed by atoms with E-state index in [9.17, 15) is 4.79 Å². The minimum Gasteiger partial charge on any atom is -0.355 e. The lowest BCUT2D eigenvalue weighted by Gasteiger charge is -2.24. The summed E-state index contributed by atoms with van der Waals surface area (Å²) in [4.78, 5) is 19.0. The van der Waals surface area contributed by atoms with Crippen LogP contribution in [0.1, 0.15) is 11.3 Å². The molecule has 0 saturated heterocycles. The Hall–Kier alpha value is -3.05. The summed E-state index contributed by atoms with van der Waals surface area (Å²) in [5.41, 5.74) is 3.75. The summed E-state index contributed by atoms with van der Waals surface area (Å²) in [6.07, 6.45) is 9.72. The van der Waals surface area contributed by atoms with Crippen LogP contribution in [0.5, 0.6) is 0 Å². The summed E-state index contributed by atoms with van der Waals surface area (Å²) in [6.45, 7) is 0.531. The van der Waals surface area contributed by atoms with Crippen molar-refractivity contribution in [2.45, 2.75) is 12.6 Å². The van der Waals surface area contributed by atoms with Crippen molar-refractivity contribution in [3.05, 3.63) is 95.1 Å². The van der Waals surface area contributed by atoms with Crippen LogP contribution in [-0.4, -0.2) is 28.5 Å². The first-order chi connectivity index (χ1) is 13.2. The van der Waals surface area contributed by atoms with Crippen molar-refractivity contribution in [2.24, 2.45) is 0 Å². The third-order valence-corrected chi connectivity index (χ3v) is 4.71. The maximum absolute atomic E-state index is 12.8. The molecule has 1 unspecified atom stereocenters. The maximum atomic E-state index is 12.8. The maximum Gasteiger partial charge on any atom is 0.263 e. The highest BCUT2D eigenvalue weighted by molar-refractivity contribution is 6.30. The number of nitrogens with zero attached hydrogens (tertiary/aromatic N) is 2. The summed E-state index contributed by atoms with van der Waals surface area (Å²) < 4.78 is 0. The Labute approximate surface area is 163 Å². The number of carbonyl (C=O) groups is 1. The second-order valence-corrected chi connectivity index (χ2v) is 6.72. The average molecular weight is 379 g/mol. The standard InChI is InChI=1S/C21H19ClN4O/c22-16-7-5-6-15(14-16)19-18-9-2-4-13-26(18)20(25-19)21(27)24-12-10-17-8-1-3-11-23-17/h1-9,11,13-14,20,25H,10,12H2,(H,24,27). The van der Waals surface area contributed by atoms with Gasteiger partial charge < -0.3 is 15.5 Å². The Morgan fingerprint density at radius 3 is 2.96 bits per heavy atom. The number of hydrogen-bond acceptors (Lipinski definition) is 4. The van der Waals surface area contributed by atoms with Crippen LogP contribution in [0.4, 0.5) is 0 Å². The summed E-state index contributed by atoms with van der Waals surface area (Å²) in [5.74, 6) is -0.0830. The van der Waals surface area contributed by atoms with Gasteiger partial charge in [0.25, 0.3) is 5.91 Å². The van der Waals surface area contributed by atoms with Crippen LogP contribution in [-0.2, 0) is 11.2 Å². The third kappa shape index (κ3) is 3.73. The molecule has 4 rings (SSSR count). The zero-order valence-corrected chi connectivity index (χ0v) is 15.4. The lowest BCUT2D eigenvalue weighted by atomic mass is 10.1. The van der Waals surface area contributed by atoms with Crippen LogP contribution in [0, 0.1) is 0 Å². The summed E-state index contributed by atoms with van der Waals surface area (Å²) in [5, 5.41) is 7.00. The fourth-order valence-electron chi connectivity index (χ4n) is 3.20. The van der Waals surface area contributed by atoms with Crippen LogP contribution >= 0.6 is 11.6 Å². The van der Waals surface area contributed by atoms with E-state index in [1.807, 2.05) is 71.8 Å². The van der Waals surface area contributed by atoms with Crippen molar-refractivity contribution in [1.82, 2.24) is 20.5 Å². The molecule has 0 fully saturated rings. The van der Waals surface area contributed by atoms with Crippen LogP contribution in [0.2, 0.25) is 5.02 Å². The number of benzene rings is 1. The second-order valence-electron chi connectivity index (χ2n) is 6.29. The molecule has 6 heteroatoms. The molecule has 1 aromatic heterocycles. The summed E-state index contributed by atoms with van der Waals surface area (Å²) in [7, 11) is 0. The van der Waals surface area contributed by atoms with Gasteiger partial charge >= 0.3 is 0 Å². The van der Waals surface area contributed by atoms with Gasteiger partial charge in [-0.25, -0.2) is 0 Å². The van der Waals surface area contributed by atoms with E-state index < -0.39 is 6.17 Å². The molecule has 0 spiro atoms. The average Bonchev–Trinajstić information content (AvgIpc) is 3.09. The number of allylic oxidation sites excluding steroid dienone is 3. The van der Waals surface area contributed by atoms with Gasteiger partial charge in [0.1, 0.15) is 0 Å². The van der Waals surface area contributed by atoms with Crippen molar-refractivity contribution in [3.63, 3.8) is 0 Å². The number of amides is 1. The van der Waals surface area contributed by atoms with Gasteiger partial charge in [-0.3, -0.25) is 9.78 Å². The van der Waals surface area contributed by atoms with Gasteiger partial charge in [0.05, 0.1) is 11.4 Å². The van der Waals surface area contributed by atoms with Crippen LogP contribution in [0.3, 0.4) is 0 Å². The van der Waals surface area contributed by atoms with Crippen molar-refractivity contribution in [2.75, 3.05) is 6.54 Å². The van der Waals surface area contributed by atoms with Crippen molar-refractivity contribution in [1.29, 1.82) is 0 Å². The molecular weight excluding hydrogens is 360 g/mol. The number of aromatic nitrogens is 1. The topological polar surface area (TPSA) is 57.3 Å². The molecule has 27 heavy (non-hydrogen) atoms. The molecule has 5 nitrogen and oxygen atoms in total. The second kappa shape index (κ2) is 7.68. The Bertz CT molecular complexity index is 936. The Balaban J connectivity index is 1.47. The molecule has 2 aliphatic heterocycles. The van der Waals surface area contributed by atoms with Crippen molar-refractivity contribution >= 4 is 23.2 Å². The molecule has 0 saturated carbocycles. The minimum absolute atomic E-state index is 0.0830. The van der Waals surface area contributed by atoms with E-state index in [1.165, 1.54) is 0 Å². The third-order valence-electron chi connectivity index (χ3n) is 4.47. The van der Waals surface area contributed by atoms with E-state index in [2.05, 4.69) is 15.6 Å². The Kier molecular flexibility index (Phi) is 4.94. The van der Waals surface area contributed by atoms with Gasteiger partial charge in [0, 0.05) is 41.6 Å². The van der Waals surface area contributed by atoms with Gasteiger partial charge in [-0.2, -0.15) is 0 Å². The number of rotatable bonds is 5. The first-order valence-corrected chi connectivity index (χ1v) is 9.18. The molecule has 0 bridgehead atoms. The van der Waals surface area contributed by atoms with Gasteiger partial charge in [-0.15, -0.1) is 0 Å². The van der Waals surface area contributed by atoms with E-state index in [4.69, 9.17) is 11.6 Å². The van der Waals surface area contributed by atoms with E-state index in [0.29, 0.717) is 18.0 Å². The Morgan fingerprint density at radius 1 is 1.22 bits per heavy atom. The van der Waals surface area contributed by atoms with Crippen LogP contribution in [0.25, 0.3) is 5.70 Å². The number of nitrogens with one attached hydrogen (secondary N) is 2. The number of halogens is 1. The SMILES string of the molecule is O=C(NCCc1ccccn1)C1NC(c2cccc(Cl)c2)=C2C=CC=CN21. The van der Waals surface area contributed by atoms with Crippen LogP contribution in [0.15, 0.2) is 78.8 Å². The van der Waals surface area contributed by atoms with Gasteiger partial charge in [0.15, 0.2) is 6.17 Å². The monoisotopic (exact) mass is 378 g/mol. The van der Waals surface area contributed by atoms with Crippen LogP contribution < -0.4 is 10.6 Å². The first-order valence-electron chi connectivity index (χ1n) is 8.80. The minimum atomic E-state index is -0.501. The molecule has 3 heterocycles. The normalized spacial score (nSPS) is 17.7. The van der Waals surface area contributed by atoms with Gasteiger partial charge in [-0.1, -0.05) is 35.9 Å². The highest BCUT2D eigenvalue weighted by Gasteiger charge is 2.34. The zero-order chi connectivity index (χ0) is 18.6. The van der Waals surface area contributed by atoms with Crippen molar-refractivity contribution < 1.29 is 4.79 Å². The summed E-state index contributed by atoms with van der Waals surface area (Å²) in [6, 6.07) is 13.4. The molecule has 1 atom stereocenters. The largest absolute Gasteiger partial charge is 0.355 e. The number of pyridine rings is 1. The molecule has 2 N–H and O–H groups in total. The summed E-state index contributed by atoms with van der Waals surface area (Å²) >= 11 is 6.14. The number of hydrogen-bond donors (Lipinski definition) is 2. The fraction of sp³-hybridized carbons (Fsp3) is 0.143. The lowest BCUT2D eigenvalue weighted by molar-refractivity contribution is -0.125. The molecule has 2 aliphatic rings. The smallest absolute Gasteiger partial charge is 0.263 e.